The molecule has 1 aliphatic rings. The summed E-state index contributed by atoms with van der Waals surface area (Å²) in [6.45, 7) is 5.08. The van der Waals surface area contributed by atoms with Crippen molar-refractivity contribution in [1.82, 2.24) is 14.7 Å². The molecule has 2 aromatic rings. The van der Waals surface area contributed by atoms with Crippen LogP contribution in [0, 0.1) is 12.7 Å². The predicted molar refractivity (Wildman–Crippen MR) is 105 cm³/mol. The van der Waals surface area contributed by atoms with Gasteiger partial charge in [-0.2, -0.15) is 4.98 Å². The Labute approximate surface area is 168 Å². The highest BCUT2D eigenvalue weighted by molar-refractivity contribution is 7.89. The fourth-order valence-electron chi connectivity index (χ4n) is 2.67. The van der Waals surface area contributed by atoms with Gasteiger partial charge in [0, 0.05) is 37.9 Å². The smallest absolute Gasteiger partial charge is 0.240 e. The molecule has 2 N–H and O–H groups in total. The lowest BCUT2D eigenvalue weighted by atomic mass is 10.3. The third-order valence-electron chi connectivity index (χ3n) is 4.08. The summed E-state index contributed by atoms with van der Waals surface area (Å²) in [5.41, 5.74) is 0.806. The lowest BCUT2D eigenvalue weighted by Gasteiger charge is -2.28. The first kappa shape index (κ1) is 20.7. The van der Waals surface area contributed by atoms with Gasteiger partial charge in [-0.1, -0.05) is 11.6 Å². The van der Waals surface area contributed by atoms with E-state index in [1.165, 1.54) is 0 Å². The van der Waals surface area contributed by atoms with Crippen LogP contribution in [0.25, 0.3) is 0 Å². The van der Waals surface area contributed by atoms with E-state index in [1.54, 1.807) is 0 Å². The van der Waals surface area contributed by atoms with Gasteiger partial charge < -0.3 is 15.0 Å². The topological polar surface area (TPSA) is 96.5 Å². The zero-order chi connectivity index (χ0) is 20.1. The molecule has 0 radical (unpaired) electrons. The SMILES string of the molecule is Cc1cc(N2CCOCC2)nc(NCCNS(=O)(=O)c2ccc(F)c(Cl)c2)n1. The minimum atomic E-state index is -3.79. The van der Waals surface area contributed by atoms with Crippen molar-refractivity contribution in [3.8, 4) is 0 Å². The van der Waals surface area contributed by atoms with Gasteiger partial charge >= 0.3 is 0 Å². The molecule has 1 fully saturated rings. The highest BCUT2D eigenvalue weighted by Gasteiger charge is 2.16. The summed E-state index contributed by atoms with van der Waals surface area (Å²) in [5, 5.41) is 2.77. The van der Waals surface area contributed by atoms with Crippen LogP contribution in [0.4, 0.5) is 16.2 Å². The number of morpholine rings is 1. The van der Waals surface area contributed by atoms with Crippen molar-refractivity contribution in [1.29, 1.82) is 0 Å². The van der Waals surface area contributed by atoms with Gasteiger partial charge in [-0.05, 0) is 25.1 Å². The van der Waals surface area contributed by atoms with Gasteiger partial charge in [0.05, 0.1) is 23.1 Å². The molecule has 1 aromatic heterocycles. The van der Waals surface area contributed by atoms with Gasteiger partial charge in [-0.15, -0.1) is 0 Å². The van der Waals surface area contributed by atoms with Gasteiger partial charge in [-0.25, -0.2) is 22.5 Å². The number of nitrogens with one attached hydrogen (secondary N) is 2. The van der Waals surface area contributed by atoms with E-state index in [4.69, 9.17) is 16.3 Å². The fourth-order valence-corrected chi connectivity index (χ4v) is 3.98. The molecular formula is C17H21ClFN5O3S. The maximum absolute atomic E-state index is 13.2. The largest absolute Gasteiger partial charge is 0.378 e. The molecule has 0 aliphatic carbocycles. The van der Waals surface area contributed by atoms with Crippen LogP contribution in [0.2, 0.25) is 5.02 Å². The predicted octanol–water partition coefficient (Wildman–Crippen LogP) is 1.80. The Bertz CT molecular complexity index is 938. The summed E-state index contributed by atoms with van der Waals surface area (Å²) in [7, 11) is -3.79. The minimum absolute atomic E-state index is 0.0969. The second-order valence-corrected chi connectivity index (χ2v) is 8.37. The standard InChI is InChI=1S/C17H21ClFN5O3S/c1-12-10-16(24-6-8-27-9-7-24)23-17(22-12)20-4-5-21-28(25,26)13-2-3-15(19)14(18)11-13/h2-3,10-11,21H,4-9H2,1H3,(H,20,22,23). The van der Waals surface area contributed by atoms with E-state index in [2.05, 4.69) is 24.9 Å². The van der Waals surface area contributed by atoms with Gasteiger partial charge in [-0.3, -0.25) is 0 Å². The molecule has 1 aliphatic heterocycles. The lowest BCUT2D eigenvalue weighted by molar-refractivity contribution is 0.122. The van der Waals surface area contributed by atoms with Crippen molar-refractivity contribution in [3.05, 3.63) is 40.8 Å². The maximum atomic E-state index is 13.2. The first-order valence-electron chi connectivity index (χ1n) is 8.72. The molecular weight excluding hydrogens is 409 g/mol. The van der Waals surface area contributed by atoms with Crippen LogP contribution in [0.3, 0.4) is 0 Å². The number of nitrogens with zero attached hydrogens (tertiary/aromatic N) is 3. The molecule has 0 amide bonds. The maximum Gasteiger partial charge on any atom is 0.240 e. The average molecular weight is 430 g/mol. The number of aryl methyl sites for hydroxylation is 1. The number of halogens is 2. The summed E-state index contributed by atoms with van der Waals surface area (Å²) in [4.78, 5) is 10.8. The number of sulfonamides is 1. The Morgan fingerprint density at radius 3 is 2.68 bits per heavy atom. The van der Waals surface area contributed by atoms with Crippen LogP contribution in [0.15, 0.2) is 29.2 Å². The van der Waals surface area contributed by atoms with E-state index >= 15 is 0 Å². The summed E-state index contributed by atoms with van der Waals surface area (Å²) in [5.74, 6) is 0.556. The summed E-state index contributed by atoms with van der Waals surface area (Å²) in [6, 6.07) is 5.15. The van der Waals surface area contributed by atoms with Gasteiger partial charge in [0.2, 0.25) is 16.0 Å². The molecule has 0 unspecified atom stereocenters. The van der Waals surface area contributed by atoms with E-state index in [1.807, 2.05) is 13.0 Å². The van der Waals surface area contributed by atoms with Crippen molar-refractivity contribution in [3.63, 3.8) is 0 Å². The van der Waals surface area contributed by atoms with Crippen molar-refractivity contribution in [2.45, 2.75) is 11.8 Å². The fraction of sp³-hybridized carbons (Fsp3) is 0.412. The van der Waals surface area contributed by atoms with Crippen LogP contribution in [-0.4, -0.2) is 57.8 Å². The Balaban J connectivity index is 1.57. The molecule has 0 spiro atoms. The molecule has 0 bridgehead atoms. The summed E-state index contributed by atoms with van der Waals surface area (Å²) >= 11 is 5.65. The molecule has 3 rings (SSSR count). The molecule has 11 heteroatoms. The number of benzene rings is 1. The Kier molecular flexibility index (Phi) is 6.65. The van der Waals surface area contributed by atoms with Crippen molar-refractivity contribution >= 4 is 33.4 Å². The Hall–Kier alpha value is -2.01. The van der Waals surface area contributed by atoms with E-state index in [0.717, 1.165) is 42.8 Å². The summed E-state index contributed by atoms with van der Waals surface area (Å²) < 4.78 is 45.5. The van der Waals surface area contributed by atoms with Crippen LogP contribution in [-0.2, 0) is 14.8 Å². The zero-order valence-corrected chi connectivity index (χ0v) is 16.9. The number of hydrogen-bond donors (Lipinski definition) is 2. The first-order valence-corrected chi connectivity index (χ1v) is 10.6. The third kappa shape index (κ3) is 5.28. The second-order valence-electron chi connectivity index (χ2n) is 6.19. The number of ether oxygens (including phenoxy) is 1. The van der Waals surface area contributed by atoms with Gasteiger partial charge in [0.1, 0.15) is 11.6 Å². The van der Waals surface area contributed by atoms with Crippen molar-refractivity contribution < 1.29 is 17.5 Å². The minimum Gasteiger partial charge on any atom is -0.378 e. The molecule has 152 valence electrons. The van der Waals surface area contributed by atoms with Crippen LogP contribution in [0.1, 0.15) is 5.69 Å². The van der Waals surface area contributed by atoms with E-state index < -0.39 is 15.8 Å². The number of rotatable bonds is 7. The molecule has 0 saturated carbocycles. The molecule has 1 saturated heterocycles. The molecule has 8 nitrogen and oxygen atoms in total. The molecule has 28 heavy (non-hydrogen) atoms. The third-order valence-corrected chi connectivity index (χ3v) is 5.83. The molecule has 0 atom stereocenters. The summed E-state index contributed by atoms with van der Waals surface area (Å²) in [6.07, 6.45) is 0. The van der Waals surface area contributed by atoms with Crippen molar-refractivity contribution in [2.75, 3.05) is 49.6 Å². The Morgan fingerprint density at radius 1 is 1.21 bits per heavy atom. The van der Waals surface area contributed by atoms with Crippen LogP contribution in [0.5, 0.6) is 0 Å². The number of hydrogen-bond acceptors (Lipinski definition) is 7. The van der Waals surface area contributed by atoms with Crippen LogP contribution < -0.4 is 14.9 Å². The molecule has 1 aromatic carbocycles. The van der Waals surface area contributed by atoms with Gasteiger partial charge in [0.25, 0.3) is 0 Å². The quantitative estimate of drug-likeness (QED) is 0.648. The number of aromatic nitrogens is 2. The van der Waals surface area contributed by atoms with Gasteiger partial charge in [0.15, 0.2) is 0 Å². The zero-order valence-electron chi connectivity index (χ0n) is 15.3. The Morgan fingerprint density at radius 2 is 1.96 bits per heavy atom. The van der Waals surface area contributed by atoms with E-state index in [0.29, 0.717) is 19.2 Å². The number of anilines is 2. The highest BCUT2D eigenvalue weighted by atomic mass is 35.5. The first-order chi connectivity index (χ1) is 13.3. The van der Waals surface area contributed by atoms with Crippen molar-refractivity contribution in [2.24, 2.45) is 0 Å². The monoisotopic (exact) mass is 429 g/mol. The van der Waals surface area contributed by atoms with Crippen LogP contribution >= 0.6 is 11.6 Å². The lowest BCUT2D eigenvalue weighted by Crippen LogP contribution is -2.37. The average Bonchev–Trinajstić information content (AvgIpc) is 2.67. The van der Waals surface area contributed by atoms with E-state index in [9.17, 15) is 12.8 Å². The second kappa shape index (κ2) is 8.99. The van der Waals surface area contributed by atoms with E-state index in [-0.39, 0.29) is 23.0 Å². The normalized spacial score (nSPS) is 14.9. The molecule has 2 heterocycles. The highest BCUT2D eigenvalue weighted by Crippen LogP contribution is 2.19.